The summed E-state index contributed by atoms with van der Waals surface area (Å²) in [4.78, 5) is -0.444. The van der Waals surface area contributed by atoms with Gasteiger partial charge in [0.05, 0.1) is 9.79 Å². The van der Waals surface area contributed by atoms with E-state index in [2.05, 4.69) is 6.92 Å². The lowest BCUT2D eigenvalue weighted by Crippen LogP contribution is -2.01. The highest BCUT2D eigenvalue weighted by atomic mass is 32.2. The molecular weight excluding hydrogens is 464 g/mol. The van der Waals surface area contributed by atoms with E-state index in [1.54, 1.807) is 0 Å². The molecule has 2 N–H and O–H groups in total. The Morgan fingerprint density at radius 1 is 0.667 bits per heavy atom. The minimum Gasteiger partial charge on any atom is -0.457 e. The Hall–Kier alpha value is -1.94. The molecule has 9 heteroatoms. The van der Waals surface area contributed by atoms with Crippen LogP contribution in [-0.4, -0.2) is 25.9 Å². The summed E-state index contributed by atoms with van der Waals surface area (Å²) in [6.07, 6.45) is 12.4. The van der Waals surface area contributed by atoms with Crippen LogP contribution in [0.4, 0.5) is 0 Å². The van der Waals surface area contributed by atoms with Crippen LogP contribution in [0.2, 0.25) is 0 Å². The van der Waals surface area contributed by atoms with E-state index in [1.165, 1.54) is 87.4 Å². The fourth-order valence-electron chi connectivity index (χ4n) is 3.62. The largest absolute Gasteiger partial charge is 0.457 e. The third-order valence-corrected chi connectivity index (χ3v) is 7.20. The lowest BCUT2D eigenvalue weighted by atomic mass is 10.0. The maximum absolute atomic E-state index is 11.6. The average molecular weight is 499 g/mol. The fraction of sp³-hybridized carbons (Fsp3) is 0.500. The molecule has 7 nitrogen and oxygen atoms in total. The smallest absolute Gasteiger partial charge is 0.294 e. The van der Waals surface area contributed by atoms with Gasteiger partial charge in [0, 0.05) is 0 Å². The quantitative estimate of drug-likeness (QED) is 0.214. The molecule has 0 fully saturated rings. The summed E-state index contributed by atoms with van der Waals surface area (Å²) < 4.78 is 69.8. The number of unbranched alkanes of at least 4 members (excludes halogenated alkanes) is 9. The first-order valence-corrected chi connectivity index (χ1v) is 14.3. The van der Waals surface area contributed by atoms with Crippen molar-refractivity contribution in [2.75, 3.05) is 0 Å². The highest BCUT2D eigenvalue weighted by Gasteiger charge is 2.15. The van der Waals surface area contributed by atoms with E-state index in [-0.39, 0.29) is 9.79 Å². The Bertz CT molecular complexity index is 1080. The topological polar surface area (TPSA) is 118 Å². The van der Waals surface area contributed by atoms with E-state index < -0.39 is 20.2 Å². The fourth-order valence-corrected chi connectivity index (χ4v) is 4.63. The number of hydrogen-bond acceptors (Lipinski definition) is 5. The molecule has 0 radical (unpaired) electrons. The van der Waals surface area contributed by atoms with Gasteiger partial charge in [0.1, 0.15) is 11.5 Å². The molecule has 0 atom stereocenters. The lowest BCUT2D eigenvalue weighted by Gasteiger charge is -2.13. The van der Waals surface area contributed by atoms with E-state index in [1.807, 2.05) is 0 Å². The van der Waals surface area contributed by atoms with Gasteiger partial charge in [-0.1, -0.05) is 64.7 Å². The van der Waals surface area contributed by atoms with E-state index in [9.17, 15) is 21.4 Å². The van der Waals surface area contributed by atoms with Gasteiger partial charge in [-0.15, -0.1) is 0 Å². The molecule has 0 aliphatic rings. The standard InChI is InChI=1S/C24H34O7S2/c1-2-3-4-5-6-7-8-9-10-11-12-20-19-23(33(28,29)30)17-18-24(20)31-21-13-15-22(16-14-21)32(25,26)27/h13-19H,2-12H2,1H3,(H,25,26,27)(H,28,29,30). The Balaban J connectivity index is 1.97. The van der Waals surface area contributed by atoms with Crippen LogP contribution in [0.1, 0.15) is 76.7 Å². The first kappa shape index (κ1) is 27.3. The third-order valence-electron chi connectivity index (χ3n) is 5.48. The van der Waals surface area contributed by atoms with Gasteiger partial charge in [-0.3, -0.25) is 9.11 Å². The van der Waals surface area contributed by atoms with Crippen molar-refractivity contribution in [2.45, 2.75) is 87.3 Å². The molecule has 0 amide bonds. The lowest BCUT2D eigenvalue weighted by molar-refractivity contribution is 0.469. The maximum Gasteiger partial charge on any atom is 0.294 e. The molecule has 0 saturated carbocycles. The predicted octanol–water partition coefficient (Wildman–Crippen LogP) is 6.44. The SMILES string of the molecule is CCCCCCCCCCCCc1cc(S(=O)(=O)O)ccc1Oc1ccc(S(=O)(=O)O)cc1. The number of aryl methyl sites for hydroxylation is 1. The summed E-state index contributed by atoms with van der Waals surface area (Å²) in [6, 6.07) is 9.40. The summed E-state index contributed by atoms with van der Waals surface area (Å²) in [6.45, 7) is 2.21. The summed E-state index contributed by atoms with van der Waals surface area (Å²) in [5.41, 5.74) is 0.642. The van der Waals surface area contributed by atoms with E-state index >= 15 is 0 Å². The molecule has 2 aromatic carbocycles. The Kier molecular flexibility index (Phi) is 10.8. The minimum atomic E-state index is -4.34. The molecule has 0 aliphatic heterocycles. The van der Waals surface area contributed by atoms with Gasteiger partial charge in [-0.25, -0.2) is 0 Å². The second-order valence-corrected chi connectivity index (χ2v) is 11.1. The second kappa shape index (κ2) is 13.1. The summed E-state index contributed by atoms with van der Waals surface area (Å²) in [7, 11) is -8.64. The van der Waals surface area contributed by atoms with Crippen molar-refractivity contribution >= 4 is 20.2 Å². The van der Waals surface area contributed by atoms with Crippen molar-refractivity contribution in [3.8, 4) is 11.5 Å². The van der Waals surface area contributed by atoms with Gasteiger partial charge in [0.15, 0.2) is 0 Å². The van der Waals surface area contributed by atoms with Crippen LogP contribution >= 0.6 is 0 Å². The van der Waals surface area contributed by atoms with Crippen LogP contribution in [-0.2, 0) is 26.7 Å². The van der Waals surface area contributed by atoms with Crippen molar-refractivity contribution in [1.82, 2.24) is 0 Å². The minimum absolute atomic E-state index is 0.196. The third kappa shape index (κ3) is 9.83. The summed E-state index contributed by atoms with van der Waals surface area (Å²) >= 11 is 0. The van der Waals surface area contributed by atoms with Gasteiger partial charge in [0.25, 0.3) is 20.2 Å². The van der Waals surface area contributed by atoms with Gasteiger partial charge in [0.2, 0.25) is 0 Å². The molecule has 0 saturated heterocycles. The average Bonchev–Trinajstić information content (AvgIpc) is 2.75. The normalized spacial score (nSPS) is 12.1. The first-order valence-electron chi connectivity index (χ1n) is 11.5. The first-order chi connectivity index (χ1) is 15.6. The molecule has 33 heavy (non-hydrogen) atoms. The highest BCUT2D eigenvalue weighted by molar-refractivity contribution is 7.86. The van der Waals surface area contributed by atoms with Crippen LogP contribution in [0.15, 0.2) is 52.3 Å². The molecule has 0 heterocycles. The monoisotopic (exact) mass is 498 g/mol. The Morgan fingerprint density at radius 3 is 1.67 bits per heavy atom. The predicted molar refractivity (Wildman–Crippen MR) is 128 cm³/mol. The van der Waals surface area contributed by atoms with Crippen molar-refractivity contribution in [2.24, 2.45) is 0 Å². The van der Waals surface area contributed by atoms with Crippen molar-refractivity contribution in [3.05, 3.63) is 48.0 Å². The highest BCUT2D eigenvalue weighted by Crippen LogP contribution is 2.30. The van der Waals surface area contributed by atoms with Crippen LogP contribution < -0.4 is 4.74 Å². The van der Waals surface area contributed by atoms with E-state index in [0.29, 0.717) is 23.5 Å². The van der Waals surface area contributed by atoms with Gasteiger partial charge < -0.3 is 4.74 Å². The zero-order chi connectivity index (χ0) is 24.3. The molecule has 0 aromatic heterocycles. The molecule has 0 bridgehead atoms. The molecule has 184 valence electrons. The molecule has 0 spiro atoms. The Labute approximate surface area is 197 Å². The van der Waals surface area contributed by atoms with Crippen molar-refractivity contribution < 1.29 is 30.7 Å². The van der Waals surface area contributed by atoms with Crippen LogP contribution in [0.3, 0.4) is 0 Å². The van der Waals surface area contributed by atoms with E-state index in [0.717, 1.165) is 19.3 Å². The Morgan fingerprint density at radius 2 is 1.15 bits per heavy atom. The summed E-state index contributed by atoms with van der Waals surface area (Å²) in [5, 5.41) is 0. The molecule has 2 rings (SSSR count). The number of rotatable bonds is 15. The zero-order valence-corrected chi connectivity index (χ0v) is 20.7. The van der Waals surface area contributed by atoms with Crippen LogP contribution in [0, 0.1) is 0 Å². The number of hydrogen-bond donors (Lipinski definition) is 2. The van der Waals surface area contributed by atoms with Crippen molar-refractivity contribution in [1.29, 1.82) is 0 Å². The maximum atomic E-state index is 11.6. The van der Waals surface area contributed by atoms with E-state index in [4.69, 9.17) is 9.29 Å². The summed E-state index contributed by atoms with van der Waals surface area (Å²) in [5.74, 6) is 0.768. The van der Waals surface area contributed by atoms with Crippen LogP contribution in [0.5, 0.6) is 11.5 Å². The van der Waals surface area contributed by atoms with Crippen molar-refractivity contribution in [3.63, 3.8) is 0 Å². The number of ether oxygens (including phenoxy) is 1. The van der Waals surface area contributed by atoms with Gasteiger partial charge >= 0.3 is 0 Å². The van der Waals surface area contributed by atoms with Gasteiger partial charge in [-0.05, 0) is 60.9 Å². The number of benzene rings is 2. The van der Waals surface area contributed by atoms with Crippen LogP contribution in [0.25, 0.3) is 0 Å². The second-order valence-electron chi connectivity index (χ2n) is 8.23. The molecule has 0 unspecified atom stereocenters. The van der Waals surface area contributed by atoms with Gasteiger partial charge in [-0.2, -0.15) is 16.8 Å². The molecule has 2 aromatic rings. The zero-order valence-electron chi connectivity index (χ0n) is 19.1. The molecule has 0 aliphatic carbocycles. The molecular formula is C24H34O7S2.